The topological polar surface area (TPSA) is 55.5 Å². The van der Waals surface area contributed by atoms with Crippen molar-refractivity contribution >= 4 is 23.7 Å². The lowest BCUT2D eigenvalue weighted by Crippen LogP contribution is -2.08. The number of aromatic nitrogens is 3. The van der Waals surface area contributed by atoms with Crippen molar-refractivity contribution in [3.05, 3.63) is 54.1 Å². The predicted octanol–water partition coefficient (Wildman–Crippen LogP) is 4.22. The standard InChI is InChI=1S/C19H19F2N5OS/c1-25(2)15-8-4-13(5-9-15)12-22-26-17(23-24-19(26)28-18(20)21)14-6-10-16(27-3)11-7-14/h4-12,18H,1-3H3/b22-12-. The van der Waals surface area contributed by atoms with Gasteiger partial charge in [0.25, 0.3) is 5.76 Å². The van der Waals surface area contributed by atoms with Crippen LogP contribution in [-0.2, 0) is 0 Å². The highest BCUT2D eigenvalue weighted by Crippen LogP contribution is 2.28. The normalized spacial score (nSPS) is 11.4. The molecule has 2 aromatic carbocycles. The summed E-state index contributed by atoms with van der Waals surface area (Å²) < 4.78 is 32.3. The van der Waals surface area contributed by atoms with Crippen LogP contribution in [0.2, 0.25) is 0 Å². The molecule has 28 heavy (non-hydrogen) atoms. The zero-order valence-corrected chi connectivity index (χ0v) is 16.4. The van der Waals surface area contributed by atoms with Crippen molar-refractivity contribution in [1.29, 1.82) is 0 Å². The van der Waals surface area contributed by atoms with Crippen LogP contribution in [0, 0.1) is 0 Å². The van der Waals surface area contributed by atoms with E-state index in [-0.39, 0.29) is 5.16 Å². The molecule has 0 spiro atoms. The number of benzene rings is 2. The molecule has 6 nitrogen and oxygen atoms in total. The Morgan fingerprint density at radius 1 is 1.07 bits per heavy atom. The Morgan fingerprint density at radius 2 is 1.75 bits per heavy atom. The average Bonchev–Trinajstić information content (AvgIpc) is 3.08. The lowest BCUT2D eigenvalue weighted by molar-refractivity contribution is 0.251. The van der Waals surface area contributed by atoms with Gasteiger partial charge in [-0.1, -0.05) is 12.1 Å². The van der Waals surface area contributed by atoms with Crippen molar-refractivity contribution in [3.8, 4) is 17.1 Å². The van der Waals surface area contributed by atoms with Crippen LogP contribution in [0.1, 0.15) is 5.56 Å². The number of methoxy groups -OCH3 is 1. The quantitative estimate of drug-likeness (QED) is 0.437. The van der Waals surface area contributed by atoms with Gasteiger partial charge in [-0.05, 0) is 53.7 Å². The number of rotatable bonds is 7. The highest BCUT2D eigenvalue weighted by molar-refractivity contribution is 7.99. The van der Waals surface area contributed by atoms with Crippen molar-refractivity contribution < 1.29 is 13.5 Å². The summed E-state index contributed by atoms with van der Waals surface area (Å²) in [5.74, 6) is -1.57. The summed E-state index contributed by atoms with van der Waals surface area (Å²) in [7, 11) is 5.48. The monoisotopic (exact) mass is 403 g/mol. The van der Waals surface area contributed by atoms with Crippen LogP contribution in [0.4, 0.5) is 14.5 Å². The van der Waals surface area contributed by atoms with Gasteiger partial charge in [-0.25, -0.2) is 0 Å². The van der Waals surface area contributed by atoms with Gasteiger partial charge in [-0.3, -0.25) is 0 Å². The molecule has 0 bridgehead atoms. The number of thioether (sulfide) groups is 1. The minimum Gasteiger partial charge on any atom is -0.497 e. The summed E-state index contributed by atoms with van der Waals surface area (Å²) in [6, 6.07) is 14.8. The lowest BCUT2D eigenvalue weighted by atomic mass is 10.2. The number of alkyl halides is 2. The molecule has 0 aliphatic rings. The largest absolute Gasteiger partial charge is 0.497 e. The first-order chi connectivity index (χ1) is 13.5. The van der Waals surface area contributed by atoms with E-state index in [4.69, 9.17) is 4.74 Å². The molecule has 3 rings (SSSR count). The number of hydrogen-bond donors (Lipinski definition) is 0. The molecule has 0 saturated heterocycles. The second-order valence-corrected chi connectivity index (χ2v) is 6.91. The van der Waals surface area contributed by atoms with E-state index in [0.717, 1.165) is 11.3 Å². The first-order valence-corrected chi connectivity index (χ1v) is 9.22. The van der Waals surface area contributed by atoms with E-state index in [9.17, 15) is 8.78 Å². The number of nitrogens with zero attached hydrogens (tertiary/aromatic N) is 5. The van der Waals surface area contributed by atoms with Gasteiger partial charge in [0.15, 0.2) is 5.82 Å². The van der Waals surface area contributed by atoms with E-state index in [1.54, 1.807) is 37.6 Å². The number of ether oxygens (including phenoxy) is 1. The number of hydrogen-bond acceptors (Lipinski definition) is 6. The minimum atomic E-state index is -2.62. The van der Waals surface area contributed by atoms with E-state index in [1.807, 2.05) is 43.3 Å². The maximum atomic E-state index is 12.9. The SMILES string of the molecule is COc1ccc(-c2nnc(SC(F)F)n2/N=C\c2ccc(N(C)C)cc2)cc1. The smallest absolute Gasteiger partial charge is 0.291 e. The van der Waals surface area contributed by atoms with E-state index in [0.29, 0.717) is 28.9 Å². The molecular weight excluding hydrogens is 384 g/mol. The highest BCUT2D eigenvalue weighted by atomic mass is 32.2. The molecule has 0 amide bonds. The maximum Gasteiger partial charge on any atom is 0.291 e. The number of halogens is 2. The van der Waals surface area contributed by atoms with Gasteiger partial charge in [0, 0.05) is 25.3 Å². The van der Waals surface area contributed by atoms with Crippen LogP contribution in [0.15, 0.2) is 58.8 Å². The molecule has 9 heteroatoms. The van der Waals surface area contributed by atoms with Crippen LogP contribution in [-0.4, -0.2) is 48.1 Å². The second kappa shape index (κ2) is 8.83. The van der Waals surface area contributed by atoms with Crippen molar-refractivity contribution in [3.63, 3.8) is 0 Å². The Bertz CT molecular complexity index is 940. The average molecular weight is 403 g/mol. The van der Waals surface area contributed by atoms with E-state index in [1.165, 1.54) is 4.68 Å². The fourth-order valence-electron chi connectivity index (χ4n) is 2.43. The molecule has 0 atom stereocenters. The molecule has 0 radical (unpaired) electrons. The molecule has 0 unspecified atom stereocenters. The van der Waals surface area contributed by atoms with Crippen molar-refractivity contribution in [1.82, 2.24) is 14.9 Å². The van der Waals surface area contributed by atoms with Gasteiger partial charge in [-0.15, -0.1) is 10.2 Å². The van der Waals surface area contributed by atoms with Gasteiger partial charge < -0.3 is 9.64 Å². The van der Waals surface area contributed by atoms with Crippen LogP contribution in [0.5, 0.6) is 5.75 Å². The van der Waals surface area contributed by atoms with E-state index >= 15 is 0 Å². The van der Waals surface area contributed by atoms with E-state index in [2.05, 4.69) is 15.3 Å². The summed E-state index contributed by atoms with van der Waals surface area (Å²) >= 11 is 0.301. The van der Waals surface area contributed by atoms with Gasteiger partial charge in [-0.2, -0.15) is 18.6 Å². The minimum absolute atomic E-state index is 0.0157. The summed E-state index contributed by atoms with van der Waals surface area (Å²) in [5, 5.41) is 12.3. The Morgan fingerprint density at radius 3 is 2.32 bits per heavy atom. The molecule has 1 heterocycles. The molecule has 1 aromatic heterocycles. The van der Waals surface area contributed by atoms with Crippen LogP contribution >= 0.6 is 11.8 Å². The summed E-state index contributed by atoms with van der Waals surface area (Å²) in [5.41, 5.74) is 2.57. The van der Waals surface area contributed by atoms with Crippen molar-refractivity contribution in [2.75, 3.05) is 26.1 Å². The van der Waals surface area contributed by atoms with Crippen molar-refractivity contribution in [2.45, 2.75) is 10.9 Å². The molecule has 3 aromatic rings. The van der Waals surface area contributed by atoms with E-state index < -0.39 is 5.76 Å². The van der Waals surface area contributed by atoms with Gasteiger partial charge in [0.05, 0.1) is 13.3 Å². The molecule has 146 valence electrons. The van der Waals surface area contributed by atoms with Crippen LogP contribution < -0.4 is 9.64 Å². The lowest BCUT2D eigenvalue weighted by Gasteiger charge is -2.11. The van der Waals surface area contributed by atoms with Gasteiger partial charge in [0.2, 0.25) is 5.16 Å². The van der Waals surface area contributed by atoms with Gasteiger partial charge >= 0.3 is 0 Å². The molecule has 0 fully saturated rings. The first-order valence-electron chi connectivity index (χ1n) is 8.34. The third-order valence-electron chi connectivity index (χ3n) is 3.89. The first kappa shape index (κ1) is 19.8. The Labute approximate surface area is 165 Å². The number of anilines is 1. The maximum absolute atomic E-state index is 12.9. The van der Waals surface area contributed by atoms with Gasteiger partial charge in [0.1, 0.15) is 5.75 Å². The third kappa shape index (κ3) is 4.66. The Hall–Kier alpha value is -2.94. The molecule has 0 saturated carbocycles. The summed E-state index contributed by atoms with van der Waals surface area (Å²) in [6.07, 6.45) is 1.59. The molecule has 0 N–H and O–H groups in total. The van der Waals surface area contributed by atoms with Crippen LogP contribution in [0.3, 0.4) is 0 Å². The predicted molar refractivity (Wildman–Crippen MR) is 108 cm³/mol. The zero-order valence-electron chi connectivity index (χ0n) is 15.6. The van der Waals surface area contributed by atoms with Crippen LogP contribution in [0.25, 0.3) is 11.4 Å². The Kier molecular flexibility index (Phi) is 6.25. The second-order valence-electron chi connectivity index (χ2n) is 5.96. The Balaban J connectivity index is 1.95. The fraction of sp³-hybridized carbons (Fsp3) is 0.211. The summed E-state index contributed by atoms with van der Waals surface area (Å²) in [4.78, 5) is 1.99. The zero-order chi connectivity index (χ0) is 20.1. The molecule has 0 aliphatic heterocycles. The molecule has 0 aliphatic carbocycles. The third-order valence-corrected chi connectivity index (χ3v) is 4.53. The highest BCUT2D eigenvalue weighted by Gasteiger charge is 2.18. The summed E-state index contributed by atoms with van der Waals surface area (Å²) in [6.45, 7) is 0. The van der Waals surface area contributed by atoms with Crippen molar-refractivity contribution in [2.24, 2.45) is 5.10 Å². The fourth-order valence-corrected chi connectivity index (χ4v) is 2.91. The molecular formula is C19H19F2N5OS.